The van der Waals surface area contributed by atoms with E-state index in [1.54, 1.807) is 11.3 Å². The first-order valence-corrected chi connectivity index (χ1v) is 9.91. The molecule has 1 amide bonds. The van der Waals surface area contributed by atoms with Crippen LogP contribution in [0.15, 0.2) is 46.9 Å². The Morgan fingerprint density at radius 2 is 2.12 bits per heavy atom. The number of rotatable bonds is 5. The molecule has 1 aliphatic rings. The van der Waals surface area contributed by atoms with Gasteiger partial charge in [-0.2, -0.15) is 0 Å². The summed E-state index contributed by atoms with van der Waals surface area (Å²) in [7, 11) is 0. The van der Waals surface area contributed by atoms with Gasteiger partial charge in [0.2, 0.25) is 5.91 Å². The van der Waals surface area contributed by atoms with Crippen molar-refractivity contribution in [1.29, 1.82) is 0 Å². The standard InChI is InChI=1S/C21H22N2O2S/c1-14-7-10-17-19(13-14)26-21(22-17)23-20(24)12-9-16-8-11-18(25-16)15-5-3-2-4-6-15/h2-6,8,11,14H,7,9-10,12-13H2,1H3,(H,22,23,24)/t14-/m0/s1. The van der Waals surface area contributed by atoms with Crippen molar-refractivity contribution >= 4 is 22.4 Å². The van der Waals surface area contributed by atoms with Crippen LogP contribution in [0.1, 0.15) is 36.1 Å². The molecular weight excluding hydrogens is 344 g/mol. The number of nitrogens with zero attached hydrogens (tertiary/aromatic N) is 1. The third-order valence-corrected chi connectivity index (χ3v) is 5.79. The van der Waals surface area contributed by atoms with Gasteiger partial charge in [0.05, 0.1) is 5.69 Å². The lowest BCUT2D eigenvalue weighted by molar-refractivity contribution is -0.116. The molecule has 0 unspecified atom stereocenters. The van der Waals surface area contributed by atoms with Crippen molar-refractivity contribution in [1.82, 2.24) is 4.98 Å². The van der Waals surface area contributed by atoms with Crippen LogP contribution in [0.4, 0.5) is 5.13 Å². The molecule has 26 heavy (non-hydrogen) atoms. The number of aryl methyl sites for hydroxylation is 2. The smallest absolute Gasteiger partial charge is 0.226 e. The van der Waals surface area contributed by atoms with E-state index in [9.17, 15) is 4.79 Å². The SMILES string of the molecule is C[C@H]1CCc2nc(NC(=O)CCc3ccc(-c4ccccc4)o3)sc2C1. The Morgan fingerprint density at radius 1 is 1.27 bits per heavy atom. The second-order valence-corrected chi connectivity index (χ2v) is 8.00. The molecule has 0 fully saturated rings. The van der Waals surface area contributed by atoms with Gasteiger partial charge in [-0.3, -0.25) is 4.79 Å². The van der Waals surface area contributed by atoms with E-state index in [2.05, 4.69) is 17.2 Å². The van der Waals surface area contributed by atoms with Crippen LogP contribution in [-0.4, -0.2) is 10.9 Å². The second-order valence-electron chi connectivity index (χ2n) is 6.92. The number of aromatic nitrogens is 1. The highest BCUT2D eigenvalue weighted by Gasteiger charge is 2.20. The maximum absolute atomic E-state index is 12.3. The van der Waals surface area contributed by atoms with Gasteiger partial charge in [-0.25, -0.2) is 4.98 Å². The predicted molar refractivity (Wildman–Crippen MR) is 104 cm³/mol. The van der Waals surface area contributed by atoms with Gasteiger partial charge < -0.3 is 9.73 Å². The quantitative estimate of drug-likeness (QED) is 0.683. The normalized spacial score (nSPS) is 16.3. The average molecular weight is 366 g/mol. The van der Waals surface area contributed by atoms with Gasteiger partial charge in [-0.1, -0.05) is 37.3 Å². The number of nitrogens with one attached hydrogen (secondary N) is 1. The van der Waals surface area contributed by atoms with E-state index in [0.29, 0.717) is 18.8 Å². The first-order chi connectivity index (χ1) is 12.7. The maximum Gasteiger partial charge on any atom is 0.226 e. The van der Waals surface area contributed by atoms with Crippen LogP contribution in [0, 0.1) is 5.92 Å². The number of carbonyl (C=O) groups excluding carboxylic acids is 1. The van der Waals surface area contributed by atoms with Crippen molar-refractivity contribution in [3.63, 3.8) is 0 Å². The summed E-state index contributed by atoms with van der Waals surface area (Å²) >= 11 is 1.62. The molecule has 0 spiro atoms. The van der Waals surface area contributed by atoms with Crippen molar-refractivity contribution in [2.45, 2.75) is 39.0 Å². The average Bonchev–Trinajstić information content (AvgIpc) is 3.27. The van der Waals surface area contributed by atoms with Crippen molar-refractivity contribution in [2.24, 2.45) is 5.92 Å². The van der Waals surface area contributed by atoms with Crippen LogP contribution in [0.5, 0.6) is 0 Å². The molecule has 0 radical (unpaired) electrons. The Labute approximate surface area is 157 Å². The molecule has 0 bridgehead atoms. The predicted octanol–water partition coefficient (Wildman–Crippen LogP) is 5.10. The van der Waals surface area contributed by atoms with Crippen molar-refractivity contribution < 1.29 is 9.21 Å². The highest BCUT2D eigenvalue weighted by Crippen LogP contribution is 2.32. The molecule has 1 aliphatic carbocycles. The number of fused-ring (bicyclic) bond motifs is 1. The fourth-order valence-electron chi connectivity index (χ4n) is 3.28. The largest absolute Gasteiger partial charge is 0.461 e. The number of hydrogen-bond donors (Lipinski definition) is 1. The fraction of sp³-hybridized carbons (Fsp3) is 0.333. The van der Waals surface area contributed by atoms with Gasteiger partial charge >= 0.3 is 0 Å². The van der Waals surface area contributed by atoms with Gasteiger partial charge in [0.15, 0.2) is 5.13 Å². The molecule has 4 rings (SSSR count). The molecule has 2 aromatic heterocycles. The van der Waals surface area contributed by atoms with Gasteiger partial charge in [0.1, 0.15) is 11.5 Å². The molecule has 0 aliphatic heterocycles. The van der Waals surface area contributed by atoms with Crippen molar-refractivity contribution in [3.05, 3.63) is 58.8 Å². The third kappa shape index (κ3) is 3.88. The minimum absolute atomic E-state index is 0.0122. The topological polar surface area (TPSA) is 55.1 Å². The Balaban J connectivity index is 1.33. The minimum atomic E-state index is -0.0122. The number of thiazole rings is 1. The number of hydrogen-bond acceptors (Lipinski definition) is 4. The summed E-state index contributed by atoms with van der Waals surface area (Å²) in [6.07, 6.45) is 4.27. The molecule has 1 atom stereocenters. The molecule has 2 heterocycles. The number of furan rings is 1. The van der Waals surface area contributed by atoms with E-state index in [1.807, 2.05) is 42.5 Å². The highest BCUT2D eigenvalue weighted by molar-refractivity contribution is 7.15. The minimum Gasteiger partial charge on any atom is -0.461 e. The first kappa shape index (κ1) is 17.0. The monoisotopic (exact) mass is 366 g/mol. The van der Waals surface area contributed by atoms with Crippen LogP contribution >= 0.6 is 11.3 Å². The zero-order valence-electron chi connectivity index (χ0n) is 14.8. The first-order valence-electron chi connectivity index (χ1n) is 9.10. The van der Waals surface area contributed by atoms with E-state index in [0.717, 1.165) is 35.1 Å². The summed E-state index contributed by atoms with van der Waals surface area (Å²) in [6.45, 7) is 2.27. The molecule has 0 saturated heterocycles. The number of carbonyl (C=O) groups is 1. The summed E-state index contributed by atoms with van der Waals surface area (Å²) < 4.78 is 5.86. The Morgan fingerprint density at radius 3 is 2.96 bits per heavy atom. The van der Waals surface area contributed by atoms with E-state index >= 15 is 0 Å². The van der Waals surface area contributed by atoms with Gasteiger partial charge in [-0.05, 0) is 37.3 Å². The Bertz CT molecular complexity index is 898. The molecule has 1 aromatic carbocycles. The second kappa shape index (κ2) is 7.46. The summed E-state index contributed by atoms with van der Waals surface area (Å²) in [5.41, 5.74) is 2.22. The van der Waals surface area contributed by atoms with Gasteiger partial charge in [0, 0.05) is 23.3 Å². The van der Waals surface area contributed by atoms with Crippen LogP contribution in [0.2, 0.25) is 0 Å². The molecule has 134 valence electrons. The van der Waals surface area contributed by atoms with Crippen LogP contribution in [-0.2, 0) is 24.1 Å². The molecule has 3 aromatic rings. The number of benzene rings is 1. The fourth-order valence-corrected chi connectivity index (χ4v) is 4.47. The van der Waals surface area contributed by atoms with Crippen molar-refractivity contribution in [2.75, 3.05) is 5.32 Å². The Kier molecular flexibility index (Phi) is 4.89. The van der Waals surface area contributed by atoms with E-state index in [-0.39, 0.29) is 5.91 Å². The maximum atomic E-state index is 12.3. The molecule has 1 N–H and O–H groups in total. The highest BCUT2D eigenvalue weighted by atomic mass is 32.1. The van der Waals surface area contributed by atoms with Gasteiger partial charge in [0.25, 0.3) is 0 Å². The summed E-state index contributed by atoms with van der Waals surface area (Å²) in [6, 6.07) is 13.9. The van der Waals surface area contributed by atoms with Crippen LogP contribution in [0.3, 0.4) is 0 Å². The zero-order valence-corrected chi connectivity index (χ0v) is 15.6. The Hall–Kier alpha value is -2.40. The lowest BCUT2D eigenvalue weighted by Gasteiger charge is -2.15. The summed E-state index contributed by atoms with van der Waals surface area (Å²) in [5, 5.41) is 3.68. The molecule has 0 saturated carbocycles. The number of amides is 1. The van der Waals surface area contributed by atoms with Crippen molar-refractivity contribution in [3.8, 4) is 11.3 Å². The lowest BCUT2D eigenvalue weighted by atomic mass is 9.93. The number of anilines is 1. The third-order valence-electron chi connectivity index (χ3n) is 4.75. The molecule has 5 heteroatoms. The molecular formula is C21H22N2O2S. The summed E-state index contributed by atoms with van der Waals surface area (Å²) in [5.74, 6) is 2.36. The van der Waals surface area contributed by atoms with E-state index in [1.165, 1.54) is 17.0 Å². The molecule has 4 nitrogen and oxygen atoms in total. The van der Waals surface area contributed by atoms with E-state index < -0.39 is 0 Å². The zero-order chi connectivity index (χ0) is 17.9. The van der Waals surface area contributed by atoms with E-state index in [4.69, 9.17) is 4.42 Å². The lowest BCUT2D eigenvalue weighted by Crippen LogP contribution is -2.12. The van der Waals surface area contributed by atoms with Crippen LogP contribution < -0.4 is 5.32 Å². The van der Waals surface area contributed by atoms with Gasteiger partial charge in [-0.15, -0.1) is 11.3 Å². The summed E-state index contributed by atoms with van der Waals surface area (Å²) in [4.78, 5) is 18.2. The van der Waals surface area contributed by atoms with Crippen LogP contribution in [0.25, 0.3) is 11.3 Å².